The Morgan fingerprint density at radius 3 is 2.56 bits per heavy atom. The van der Waals surface area contributed by atoms with E-state index in [1.54, 1.807) is 35.2 Å². The third-order valence-corrected chi connectivity index (χ3v) is 4.89. The third-order valence-electron chi connectivity index (χ3n) is 4.27. The Bertz CT molecular complexity index is 736. The van der Waals surface area contributed by atoms with Gasteiger partial charge in [0.2, 0.25) is 5.91 Å². The van der Waals surface area contributed by atoms with Crippen molar-refractivity contribution in [3.05, 3.63) is 64.1 Å². The van der Waals surface area contributed by atoms with Gasteiger partial charge in [-0.1, -0.05) is 41.4 Å². The quantitative estimate of drug-likeness (QED) is 0.882. The van der Waals surface area contributed by atoms with Gasteiger partial charge in [-0.3, -0.25) is 4.79 Å². The fourth-order valence-electron chi connectivity index (χ4n) is 2.88. The minimum absolute atomic E-state index is 0.0444. The summed E-state index contributed by atoms with van der Waals surface area (Å²) in [5.74, 6) is 0.612. The van der Waals surface area contributed by atoms with E-state index in [9.17, 15) is 9.90 Å². The number of piperidine rings is 1. The Morgan fingerprint density at radius 2 is 1.88 bits per heavy atom. The van der Waals surface area contributed by atoms with Crippen LogP contribution in [0.15, 0.2) is 48.5 Å². The summed E-state index contributed by atoms with van der Waals surface area (Å²) in [4.78, 5) is 14.1. The predicted octanol–water partition coefficient (Wildman–Crippen LogP) is 3.58. The van der Waals surface area contributed by atoms with Gasteiger partial charge in [0.1, 0.15) is 18.0 Å². The van der Waals surface area contributed by atoms with Crippen LogP contribution >= 0.6 is 23.2 Å². The minimum Gasteiger partial charge on any atom is -0.488 e. The first kappa shape index (κ1) is 18.1. The monoisotopic (exact) mass is 379 g/mol. The van der Waals surface area contributed by atoms with Crippen LogP contribution in [0.25, 0.3) is 0 Å². The summed E-state index contributed by atoms with van der Waals surface area (Å²) < 4.78 is 5.82. The Balaban J connectivity index is 1.56. The number of hydrogen-bond donors (Lipinski definition) is 1. The number of carbonyl (C=O) groups excluding carboxylic acids is 1. The molecule has 6 heteroatoms. The lowest BCUT2D eigenvalue weighted by Crippen LogP contribution is -2.51. The average Bonchev–Trinajstić information content (AvgIpc) is 2.60. The lowest BCUT2D eigenvalue weighted by atomic mass is 10.0. The molecule has 2 aromatic carbocycles. The zero-order valence-corrected chi connectivity index (χ0v) is 15.1. The van der Waals surface area contributed by atoms with Crippen LogP contribution in [0.4, 0.5) is 0 Å². The van der Waals surface area contributed by atoms with Crippen LogP contribution in [0.1, 0.15) is 12.0 Å². The number of aliphatic hydroxyl groups is 1. The number of carbonyl (C=O) groups is 1. The van der Waals surface area contributed by atoms with Crippen molar-refractivity contribution in [2.75, 3.05) is 13.1 Å². The number of aliphatic hydroxyl groups excluding tert-OH is 1. The average molecular weight is 380 g/mol. The molecule has 132 valence electrons. The molecule has 0 saturated carbocycles. The first-order valence-electron chi connectivity index (χ1n) is 8.14. The van der Waals surface area contributed by atoms with Crippen molar-refractivity contribution in [1.82, 2.24) is 4.90 Å². The SMILES string of the molecule is O=C(Cc1ccccc1Cl)N1CC[C@@H](Oc2ccc(Cl)cc2)[C@H](O)C1. The van der Waals surface area contributed by atoms with Crippen molar-refractivity contribution in [3.63, 3.8) is 0 Å². The van der Waals surface area contributed by atoms with Crippen molar-refractivity contribution in [3.8, 4) is 5.75 Å². The number of ether oxygens (including phenoxy) is 1. The number of hydrogen-bond acceptors (Lipinski definition) is 3. The number of β-amino-alcohol motifs (C(OH)–C–C–N with tert-alkyl or cyclic N) is 1. The van der Waals surface area contributed by atoms with Crippen LogP contribution < -0.4 is 4.74 Å². The molecule has 1 aliphatic rings. The van der Waals surface area contributed by atoms with Gasteiger partial charge in [-0.05, 0) is 35.9 Å². The molecule has 0 spiro atoms. The zero-order chi connectivity index (χ0) is 17.8. The zero-order valence-electron chi connectivity index (χ0n) is 13.6. The van der Waals surface area contributed by atoms with E-state index >= 15 is 0 Å². The summed E-state index contributed by atoms with van der Waals surface area (Å²) in [5, 5.41) is 11.6. The molecule has 1 aliphatic heterocycles. The van der Waals surface area contributed by atoms with Crippen molar-refractivity contribution < 1.29 is 14.6 Å². The standard InChI is InChI=1S/C19H19Cl2NO3/c20-14-5-7-15(8-6-14)25-18-9-10-22(12-17(18)23)19(24)11-13-3-1-2-4-16(13)21/h1-8,17-18,23H,9-12H2/t17-,18-/m1/s1. The smallest absolute Gasteiger partial charge is 0.227 e. The molecule has 1 amide bonds. The number of benzene rings is 2. The molecule has 1 fully saturated rings. The third kappa shape index (κ3) is 4.66. The molecule has 0 unspecified atom stereocenters. The molecule has 1 N–H and O–H groups in total. The van der Waals surface area contributed by atoms with Crippen LogP contribution in [0.5, 0.6) is 5.75 Å². The fourth-order valence-corrected chi connectivity index (χ4v) is 3.21. The number of likely N-dealkylation sites (tertiary alicyclic amines) is 1. The lowest BCUT2D eigenvalue weighted by Gasteiger charge is -2.36. The summed E-state index contributed by atoms with van der Waals surface area (Å²) >= 11 is 12.0. The second-order valence-corrected chi connectivity index (χ2v) is 6.92. The number of halogens is 2. The molecular formula is C19H19Cl2NO3. The van der Waals surface area contributed by atoms with Crippen LogP contribution in [-0.4, -0.2) is 41.2 Å². The van der Waals surface area contributed by atoms with E-state index in [1.807, 2.05) is 18.2 Å². The normalized spacial score (nSPS) is 20.4. The van der Waals surface area contributed by atoms with Crippen molar-refractivity contribution in [1.29, 1.82) is 0 Å². The predicted molar refractivity (Wildman–Crippen MR) is 98.2 cm³/mol. The van der Waals surface area contributed by atoms with Gasteiger partial charge >= 0.3 is 0 Å². The summed E-state index contributed by atoms with van der Waals surface area (Å²) in [6.45, 7) is 0.792. The van der Waals surface area contributed by atoms with Crippen molar-refractivity contribution >= 4 is 29.1 Å². The van der Waals surface area contributed by atoms with E-state index < -0.39 is 6.10 Å². The summed E-state index contributed by atoms with van der Waals surface area (Å²) in [7, 11) is 0. The van der Waals surface area contributed by atoms with Gasteiger partial charge in [0.05, 0.1) is 13.0 Å². The number of rotatable bonds is 4. The molecule has 1 saturated heterocycles. The first-order valence-corrected chi connectivity index (χ1v) is 8.90. The van der Waals surface area contributed by atoms with E-state index in [2.05, 4.69) is 0 Å². The Kier molecular flexibility index (Phi) is 5.84. The summed E-state index contributed by atoms with van der Waals surface area (Å²) in [6.07, 6.45) is -0.280. The van der Waals surface area contributed by atoms with E-state index in [0.29, 0.717) is 28.8 Å². The fraction of sp³-hybridized carbons (Fsp3) is 0.316. The maximum Gasteiger partial charge on any atom is 0.227 e. The van der Waals surface area contributed by atoms with Gasteiger partial charge in [-0.25, -0.2) is 0 Å². The number of nitrogens with zero attached hydrogens (tertiary/aromatic N) is 1. The second kappa shape index (κ2) is 8.09. The summed E-state index contributed by atoms with van der Waals surface area (Å²) in [5.41, 5.74) is 0.795. The van der Waals surface area contributed by atoms with E-state index in [1.165, 1.54) is 0 Å². The summed E-state index contributed by atoms with van der Waals surface area (Å²) in [6, 6.07) is 14.3. The van der Waals surface area contributed by atoms with Gasteiger partial charge in [-0.2, -0.15) is 0 Å². The first-order chi connectivity index (χ1) is 12.0. The molecule has 1 heterocycles. The highest BCUT2D eigenvalue weighted by molar-refractivity contribution is 6.31. The molecule has 0 aromatic heterocycles. The van der Waals surface area contributed by atoms with E-state index in [0.717, 1.165) is 5.56 Å². The van der Waals surface area contributed by atoms with E-state index in [-0.39, 0.29) is 25.0 Å². The minimum atomic E-state index is -0.736. The van der Waals surface area contributed by atoms with E-state index in [4.69, 9.17) is 27.9 Å². The molecule has 0 radical (unpaired) electrons. The molecular weight excluding hydrogens is 361 g/mol. The Labute approximate surface area is 156 Å². The van der Waals surface area contributed by atoms with Crippen LogP contribution in [0.3, 0.4) is 0 Å². The molecule has 4 nitrogen and oxygen atoms in total. The Morgan fingerprint density at radius 1 is 1.16 bits per heavy atom. The van der Waals surface area contributed by atoms with Crippen molar-refractivity contribution in [2.24, 2.45) is 0 Å². The molecule has 0 bridgehead atoms. The van der Waals surface area contributed by atoms with Crippen LogP contribution in [-0.2, 0) is 11.2 Å². The highest BCUT2D eigenvalue weighted by Crippen LogP contribution is 2.22. The molecule has 2 aromatic rings. The van der Waals surface area contributed by atoms with Gasteiger partial charge in [0.15, 0.2) is 0 Å². The van der Waals surface area contributed by atoms with Gasteiger partial charge in [0.25, 0.3) is 0 Å². The molecule has 0 aliphatic carbocycles. The lowest BCUT2D eigenvalue weighted by molar-refractivity contribution is -0.136. The van der Waals surface area contributed by atoms with Gasteiger partial charge in [-0.15, -0.1) is 0 Å². The maximum atomic E-state index is 12.5. The second-order valence-electron chi connectivity index (χ2n) is 6.07. The molecule has 2 atom stereocenters. The molecule has 3 rings (SSSR count). The largest absolute Gasteiger partial charge is 0.488 e. The van der Waals surface area contributed by atoms with Crippen LogP contribution in [0, 0.1) is 0 Å². The van der Waals surface area contributed by atoms with Crippen LogP contribution in [0.2, 0.25) is 10.0 Å². The number of amides is 1. The van der Waals surface area contributed by atoms with Crippen molar-refractivity contribution in [2.45, 2.75) is 25.0 Å². The molecule has 25 heavy (non-hydrogen) atoms. The highest BCUT2D eigenvalue weighted by Gasteiger charge is 2.31. The maximum absolute atomic E-state index is 12.5. The Hall–Kier alpha value is -1.75. The van der Waals surface area contributed by atoms with Gasteiger partial charge in [0, 0.05) is 23.0 Å². The van der Waals surface area contributed by atoms with Gasteiger partial charge < -0.3 is 14.7 Å². The highest BCUT2D eigenvalue weighted by atomic mass is 35.5. The topological polar surface area (TPSA) is 49.8 Å².